The zero-order valence-corrected chi connectivity index (χ0v) is 13.1. The molecule has 0 amide bonds. The van der Waals surface area contributed by atoms with Crippen LogP contribution in [0.25, 0.3) is 10.1 Å². The van der Waals surface area contributed by atoms with Gasteiger partial charge in [-0.3, -0.25) is 0 Å². The Morgan fingerprint density at radius 2 is 2.10 bits per heavy atom. The minimum atomic E-state index is -3.61. The van der Waals surface area contributed by atoms with Gasteiger partial charge in [-0.05, 0) is 13.0 Å². The van der Waals surface area contributed by atoms with E-state index >= 15 is 0 Å². The number of hydrogen-bond acceptors (Lipinski definition) is 5. The highest BCUT2D eigenvalue weighted by atomic mass is 32.2. The molecule has 0 bridgehead atoms. The van der Waals surface area contributed by atoms with Crippen molar-refractivity contribution in [2.24, 2.45) is 5.73 Å². The molecule has 0 aliphatic carbocycles. The van der Waals surface area contributed by atoms with Crippen LogP contribution in [-0.4, -0.2) is 28.2 Å². The normalized spacial score (nSPS) is 13.8. The summed E-state index contributed by atoms with van der Waals surface area (Å²) in [7, 11) is -2.07. The second kappa shape index (κ2) is 6.19. The molecule has 3 N–H and O–H groups in total. The molecule has 0 saturated heterocycles. The first-order valence-corrected chi connectivity index (χ1v) is 8.51. The maximum Gasteiger partial charge on any atom is 0.242 e. The van der Waals surface area contributed by atoms with Crippen LogP contribution in [0.3, 0.4) is 0 Å². The van der Waals surface area contributed by atoms with Crippen LogP contribution in [0.4, 0.5) is 0 Å². The Labute approximate surface area is 122 Å². The van der Waals surface area contributed by atoms with Gasteiger partial charge in [-0.15, -0.1) is 11.3 Å². The summed E-state index contributed by atoms with van der Waals surface area (Å²) in [5, 5.41) is 0.718. The number of rotatable bonds is 6. The number of hydrogen-bond donors (Lipinski definition) is 2. The van der Waals surface area contributed by atoms with Crippen molar-refractivity contribution in [3.63, 3.8) is 0 Å². The Balaban J connectivity index is 2.50. The van der Waals surface area contributed by atoms with Crippen LogP contribution in [0.15, 0.2) is 29.2 Å². The third-order valence-electron chi connectivity index (χ3n) is 2.85. The lowest BCUT2D eigenvalue weighted by atomic mass is 10.2. The minimum absolute atomic E-state index is 0.203. The fourth-order valence-corrected chi connectivity index (χ4v) is 5.17. The van der Waals surface area contributed by atoms with Gasteiger partial charge in [-0.1, -0.05) is 18.2 Å². The summed E-state index contributed by atoms with van der Waals surface area (Å²) in [5.74, 6) is 0. The fourth-order valence-electron chi connectivity index (χ4n) is 2.11. The van der Waals surface area contributed by atoms with E-state index in [1.54, 1.807) is 13.0 Å². The van der Waals surface area contributed by atoms with E-state index in [2.05, 4.69) is 4.72 Å². The van der Waals surface area contributed by atoms with E-state index in [1.165, 1.54) is 18.4 Å². The van der Waals surface area contributed by atoms with Crippen molar-refractivity contribution in [3.8, 4) is 0 Å². The molecule has 110 valence electrons. The van der Waals surface area contributed by atoms with E-state index < -0.39 is 10.0 Å². The molecular formula is C13H18N2O3S2. The molecule has 1 heterocycles. The fraction of sp³-hybridized carbons (Fsp3) is 0.385. The van der Waals surface area contributed by atoms with Crippen molar-refractivity contribution in [1.29, 1.82) is 0 Å². The maximum absolute atomic E-state index is 12.6. The number of nitrogens with one attached hydrogen (secondary N) is 1. The lowest BCUT2D eigenvalue weighted by Crippen LogP contribution is -2.36. The predicted octanol–water partition coefficient (Wildman–Crippen LogP) is 1.67. The van der Waals surface area contributed by atoms with Gasteiger partial charge in [0.05, 0.1) is 6.61 Å². The van der Waals surface area contributed by atoms with E-state index in [0.717, 1.165) is 10.1 Å². The van der Waals surface area contributed by atoms with Crippen LogP contribution >= 0.6 is 11.3 Å². The van der Waals surface area contributed by atoms with E-state index in [1.807, 2.05) is 18.2 Å². The van der Waals surface area contributed by atoms with Crippen LogP contribution in [0.5, 0.6) is 0 Å². The molecule has 1 unspecified atom stereocenters. The molecule has 20 heavy (non-hydrogen) atoms. The average molecular weight is 314 g/mol. The van der Waals surface area contributed by atoms with E-state index in [9.17, 15) is 8.42 Å². The van der Waals surface area contributed by atoms with Gasteiger partial charge in [0.25, 0.3) is 0 Å². The quantitative estimate of drug-likeness (QED) is 0.850. The Bertz CT molecular complexity index is 695. The molecule has 0 aliphatic heterocycles. The molecule has 0 radical (unpaired) electrons. The summed E-state index contributed by atoms with van der Waals surface area (Å²) < 4.78 is 33.6. The first kappa shape index (κ1) is 15.4. The van der Waals surface area contributed by atoms with Gasteiger partial charge in [0.2, 0.25) is 10.0 Å². The summed E-state index contributed by atoms with van der Waals surface area (Å²) in [6, 6.07) is 7.12. The SMILES string of the molecule is COCC(C)NS(=O)(=O)c1c(CN)sc2ccccc12. The van der Waals surface area contributed by atoms with Crippen molar-refractivity contribution in [2.75, 3.05) is 13.7 Å². The molecule has 1 aromatic heterocycles. The molecule has 1 atom stereocenters. The summed E-state index contributed by atoms with van der Waals surface area (Å²) in [6.45, 7) is 2.28. The first-order chi connectivity index (χ1) is 9.49. The molecule has 5 nitrogen and oxygen atoms in total. The number of thiophene rings is 1. The average Bonchev–Trinajstić information content (AvgIpc) is 2.77. The molecule has 1 aromatic carbocycles. The maximum atomic E-state index is 12.6. The standard InChI is InChI=1S/C13H18N2O3S2/c1-9(8-18-2)15-20(16,17)13-10-5-3-4-6-11(10)19-12(13)7-14/h3-6,9,15H,7-8,14H2,1-2H3. The molecule has 2 rings (SSSR count). The summed E-state index contributed by atoms with van der Waals surface area (Å²) in [6.07, 6.45) is 0. The highest BCUT2D eigenvalue weighted by Crippen LogP contribution is 2.34. The first-order valence-electron chi connectivity index (χ1n) is 6.21. The van der Waals surface area contributed by atoms with Crippen molar-refractivity contribution < 1.29 is 13.2 Å². The number of benzene rings is 1. The van der Waals surface area contributed by atoms with Crippen LogP contribution < -0.4 is 10.5 Å². The molecule has 0 fully saturated rings. The third-order valence-corrected chi connectivity index (χ3v) is 5.88. The molecule has 7 heteroatoms. The highest BCUT2D eigenvalue weighted by Gasteiger charge is 2.25. The van der Waals surface area contributed by atoms with Crippen molar-refractivity contribution >= 4 is 31.4 Å². The topological polar surface area (TPSA) is 81.4 Å². The molecule has 0 saturated carbocycles. The van der Waals surface area contributed by atoms with Crippen molar-refractivity contribution in [2.45, 2.75) is 24.4 Å². The number of sulfonamides is 1. The van der Waals surface area contributed by atoms with Gasteiger partial charge in [0, 0.05) is 34.7 Å². The Kier molecular flexibility index (Phi) is 4.77. The van der Waals surface area contributed by atoms with Crippen LogP contribution in [0, 0.1) is 0 Å². The second-order valence-electron chi connectivity index (χ2n) is 4.53. The van der Waals surface area contributed by atoms with Gasteiger partial charge in [-0.25, -0.2) is 13.1 Å². The molecule has 0 spiro atoms. The minimum Gasteiger partial charge on any atom is -0.383 e. The van der Waals surface area contributed by atoms with E-state index in [4.69, 9.17) is 10.5 Å². The van der Waals surface area contributed by atoms with Crippen molar-refractivity contribution in [3.05, 3.63) is 29.1 Å². The second-order valence-corrected chi connectivity index (χ2v) is 7.32. The molecule has 0 aliphatic rings. The highest BCUT2D eigenvalue weighted by molar-refractivity contribution is 7.90. The van der Waals surface area contributed by atoms with E-state index in [0.29, 0.717) is 16.4 Å². The number of ether oxygens (including phenoxy) is 1. The Hall–Kier alpha value is -0.990. The number of methoxy groups -OCH3 is 1. The zero-order valence-electron chi connectivity index (χ0n) is 11.4. The predicted molar refractivity (Wildman–Crippen MR) is 81.4 cm³/mol. The van der Waals surface area contributed by atoms with Gasteiger partial charge in [-0.2, -0.15) is 0 Å². The molecule has 2 aromatic rings. The summed E-state index contributed by atoms with van der Waals surface area (Å²) in [5.41, 5.74) is 5.69. The van der Waals surface area contributed by atoms with Crippen molar-refractivity contribution in [1.82, 2.24) is 4.72 Å². The lowest BCUT2D eigenvalue weighted by Gasteiger charge is -2.13. The van der Waals surface area contributed by atoms with Gasteiger partial charge >= 0.3 is 0 Å². The van der Waals surface area contributed by atoms with Gasteiger partial charge in [0.15, 0.2) is 0 Å². The Morgan fingerprint density at radius 1 is 1.40 bits per heavy atom. The van der Waals surface area contributed by atoms with Crippen LogP contribution in [0.2, 0.25) is 0 Å². The van der Waals surface area contributed by atoms with E-state index in [-0.39, 0.29) is 12.6 Å². The summed E-state index contributed by atoms with van der Waals surface area (Å²) in [4.78, 5) is 0.965. The summed E-state index contributed by atoms with van der Waals surface area (Å²) >= 11 is 1.42. The third kappa shape index (κ3) is 3.02. The zero-order chi connectivity index (χ0) is 14.8. The van der Waals surface area contributed by atoms with Crippen LogP contribution in [0.1, 0.15) is 11.8 Å². The van der Waals surface area contributed by atoms with Gasteiger partial charge in [0.1, 0.15) is 4.90 Å². The number of fused-ring (bicyclic) bond motifs is 1. The lowest BCUT2D eigenvalue weighted by molar-refractivity contribution is 0.180. The van der Waals surface area contributed by atoms with Crippen LogP contribution in [-0.2, 0) is 21.3 Å². The smallest absolute Gasteiger partial charge is 0.242 e. The number of nitrogens with two attached hydrogens (primary N) is 1. The largest absolute Gasteiger partial charge is 0.383 e. The molecular weight excluding hydrogens is 296 g/mol. The monoisotopic (exact) mass is 314 g/mol. The Morgan fingerprint density at radius 3 is 2.75 bits per heavy atom. The van der Waals surface area contributed by atoms with Gasteiger partial charge < -0.3 is 10.5 Å².